The Labute approximate surface area is 230 Å². The van der Waals surface area contributed by atoms with E-state index in [2.05, 4.69) is 66.7 Å². The zero-order valence-corrected chi connectivity index (χ0v) is 22.0. The van der Waals surface area contributed by atoms with Gasteiger partial charge < -0.3 is 0 Å². The SMILES string of the molecule is FC1CC(c2ccc(-c3ccc4cc(-c5ccc(-c6nc7ccccc7s6)cn5)ccc4c3)cc2)C[C@@H](F)C1. The molecule has 1 aliphatic rings. The predicted molar refractivity (Wildman–Crippen MR) is 158 cm³/mol. The number of para-hydroxylation sites is 1. The lowest BCUT2D eigenvalue weighted by Gasteiger charge is -2.27. The third-order valence-corrected chi connectivity index (χ3v) is 8.83. The van der Waals surface area contributed by atoms with E-state index >= 15 is 0 Å². The standard InChI is InChI=1S/C34H26F2N2S/c35-29-17-28(18-30(36)19-29)22-7-5-21(6-8-22)23-9-10-25-16-26(12-11-24(25)15-23)31-14-13-27(20-37-31)34-38-32-3-1-2-4-33(32)39-34/h1-16,20,28-30H,17-19H2/t28?,29-,30?/m1/s1. The largest absolute Gasteiger partial charge is 0.256 e. The van der Waals surface area contributed by atoms with Gasteiger partial charge in [0.25, 0.3) is 0 Å². The predicted octanol–water partition coefficient (Wildman–Crippen LogP) is 9.79. The fourth-order valence-corrected chi connectivity index (χ4v) is 6.63. The minimum absolute atomic E-state index is 0.0406. The van der Waals surface area contributed by atoms with Crippen LogP contribution in [-0.4, -0.2) is 22.3 Å². The van der Waals surface area contributed by atoms with Crippen molar-refractivity contribution in [2.24, 2.45) is 0 Å². The number of hydrogen-bond acceptors (Lipinski definition) is 3. The van der Waals surface area contributed by atoms with E-state index in [1.807, 2.05) is 36.5 Å². The van der Waals surface area contributed by atoms with Gasteiger partial charge in [0.15, 0.2) is 0 Å². The van der Waals surface area contributed by atoms with Crippen LogP contribution in [0.5, 0.6) is 0 Å². The summed E-state index contributed by atoms with van der Waals surface area (Å²) in [6.07, 6.45) is 0.679. The molecule has 5 heteroatoms. The first-order valence-electron chi connectivity index (χ1n) is 13.3. The van der Waals surface area contributed by atoms with Crippen LogP contribution in [0.4, 0.5) is 8.78 Å². The molecule has 0 spiro atoms. The Kier molecular flexibility index (Phi) is 6.16. The first kappa shape index (κ1) is 24.1. The Balaban J connectivity index is 1.11. The van der Waals surface area contributed by atoms with Gasteiger partial charge in [-0.2, -0.15) is 0 Å². The summed E-state index contributed by atoms with van der Waals surface area (Å²) in [5.41, 5.74) is 7.28. The van der Waals surface area contributed by atoms with E-state index in [9.17, 15) is 8.78 Å². The molecule has 7 rings (SSSR count). The second-order valence-electron chi connectivity index (χ2n) is 10.4. The van der Waals surface area contributed by atoms with Gasteiger partial charge in [0.05, 0.1) is 15.9 Å². The third-order valence-electron chi connectivity index (χ3n) is 7.75. The molecule has 2 nitrogen and oxygen atoms in total. The van der Waals surface area contributed by atoms with Crippen LogP contribution in [0.1, 0.15) is 30.7 Å². The van der Waals surface area contributed by atoms with Crippen LogP contribution < -0.4 is 0 Å². The fourth-order valence-electron chi connectivity index (χ4n) is 5.67. The molecule has 2 unspecified atom stereocenters. The summed E-state index contributed by atoms with van der Waals surface area (Å²) in [5.74, 6) is -0.0447. The van der Waals surface area contributed by atoms with E-state index in [-0.39, 0.29) is 12.3 Å². The summed E-state index contributed by atoms with van der Waals surface area (Å²) in [4.78, 5) is 9.49. The number of aromatic nitrogens is 2. The minimum Gasteiger partial charge on any atom is -0.256 e. The Bertz CT molecular complexity index is 1730. The number of halogens is 2. The average molecular weight is 533 g/mol. The summed E-state index contributed by atoms with van der Waals surface area (Å²) >= 11 is 1.68. The summed E-state index contributed by atoms with van der Waals surface area (Å²) in [7, 11) is 0. The van der Waals surface area contributed by atoms with E-state index in [0.29, 0.717) is 12.8 Å². The minimum atomic E-state index is -1.05. The van der Waals surface area contributed by atoms with Crippen LogP contribution in [0.15, 0.2) is 103 Å². The van der Waals surface area contributed by atoms with Crippen molar-refractivity contribution in [1.82, 2.24) is 9.97 Å². The number of nitrogens with zero attached hydrogens (tertiary/aromatic N) is 2. The van der Waals surface area contributed by atoms with Gasteiger partial charge in [0.2, 0.25) is 0 Å². The van der Waals surface area contributed by atoms with Crippen LogP contribution in [0.3, 0.4) is 0 Å². The van der Waals surface area contributed by atoms with Gasteiger partial charge >= 0.3 is 0 Å². The molecular formula is C34H26F2N2S. The zero-order valence-electron chi connectivity index (χ0n) is 21.2. The van der Waals surface area contributed by atoms with E-state index in [1.165, 1.54) is 4.70 Å². The number of rotatable bonds is 4. The van der Waals surface area contributed by atoms with E-state index < -0.39 is 12.3 Å². The summed E-state index contributed by atoms with van der Waals surface area (Å²) in [5, 5.41) is 3.28. The normalized spacial score (nSPS) is 19.5. The summed E-state index contributed by atoms with van der Waals surface area (Å²) in [6, 6.07) is 33.4. The molecule has 0 amide bonds. The number of alkyl halides is 2. The van der Waals surface area contributed by atoms with Crippen molar-refractivity contribution >= 4 is 32.3 Å². The molecule has 1 fully saturated rings. The lowest BCUT2D eigenvalue weighted by Crippen LogP contribution is -2.23. The van der Waals surface area contributed by atoms with Gasteiger partial charge in [-0.15, -0.1) is 11.3 Å². The van der Waals surface area contributed by atoms with Gasteiger partial charge in [-0.25, -0.2) is 13.8 Å². The van der Waals surface area contributed by atoms with Crippen molar-refractivity contribution in [1.29, 1.82) is 0 Å². The van der Waals surface area contributed by atoms with Gasteiger partial charge in [-0.05, 0) is 82.6 Å². The zero-order chi connectivity index (χ0) is 26.3. The van der Waals surface area contributed by atoms with E-state index in [0.717, 1.165) is 54.8 Å². The monoisotopic (exact) mass is 532 g/mol. The van der Waals surface area contributed by atoms with Crippen molar-refractivity contribution < 1.29 is 8.78 Å². The molecule has 1 saturated carbocycles. The van der Waals surface area contributed by atoms with Crippen LogP contribution in [0, 0.1) is 0 Å². The molecular weight excluding hydrogens is 506 g/mol. The van der Waals surface area contributed by atoms with Crippen LogP contribution in [0.25, 0.3) is 53.9 Å². The average Bonchev–Trinajstić information content (AvgIpc) is 3.41. The highest BCUT2D eigenvalue weighted by Crippen LogP contribution is 2.37. The molecule has 3 atom stereocenters. The van der Waals surface area contributed by atoms with Gasteiger partial charge in [-0.1, -0.05) is 60.7 Å². The lowest BCUT2D eigenvalue weighted by atomic mass is 9.82. The van der Waals surface area contributed by atoms with Crippen LogP contribution >= 0.6 is 11.3 Å². The third kappa shape index (κ3) is 4.83. The number of pyridine rings is 1. The quantitative estimate of drug-likeness (QED) is 0.226. The number of hydrogen-bond donors (Lipinski definition) is 0. The summed E-state index contributed by atoms with van der Waals surface area (Å²) in [6.45, 7) is 0. The van der Waals surface area contributed by atoms with Gasteiger partial charge in [0.1, 0.15) is 17.4 Å². The van der Waals surface area contributed by atoms with Crippen molar-refractivity contribution in [3.05, 3.63) is 109 Å². The van der Waals surface area contributed by atoms with Crippen molar-refractivity contribution in [3.8, 4) is 33.0 Å². The number of thiazole rings is 1. The Morgan fingerprint density at radius 3 is 2.03 bits per heavy atom. The van der Waals surface area contributed by atoms with Crippen LogP contribution in [-0.2, 0) is 0 Å². The number of fused-ring (bicyclic) bond motifs is 2. The molecule has 4 aromatic carbocycles. The summed E-state index contributed by atoms with van der Waals surface area (Å²) < 4.78 is 28.9. The molecule has 1 aliphatic carbocycles. The Morgan fingerprint density at radius 2 is 1.31 bits per heavy atom. The molecule has 0 saturated heterocycles. The van der Waals surface area contributed by atoms with Crippen molar-refractivity contribution in [3.63, 3.8) is 0 Å². The van der Waals surface area contributed by atoms with Gasteiger partial charge in [-0.3, -0.25) is 4.98 Å². The van der Waals surface area contributed by atoms with E-state index in [4.69, 9.17) is 9.97 Å². The highest BCUT2D eigenvalue weighted by atomic mass is 32.1. The van der Waals surface area contributed by atoms with Crippen molar-refractivity contribution in [2.45, 2.75) is 37.5 Å². The fraction of sp³-hybridized carbons (Fsp3) is 0.176. The molecule has 0 radical (unpaired) electrons. The molecule has 0 N–H and O–H groups in total. The Hall–Kier alpha value is -3.96. The second kappa shape index (κ2) is 9.97. The van der Waals surface area contributed by atoms with E-state index in [1.54, 1.807) is 11.3 Å². The van der Waals surface area contributed by atoms with Crippen molar-refractivity contribution in [2.75, 3.05) is 0 Å². The second-order valence-corrected chi connectivity index (χ2v) is 11.4. The molecule has 6 aromatic rings. The first-order chi connectivity index (χ1) is 19.1. The lowest BCUT2D eigenvalue weighted by molar-refractivity contribution is 0.142. The number of benzene rings is 4. The highest BCUT2D eigenvalue weighted by Gasteiger charge is 2.29. The molecule has 39 heavy (non-hydrogen) atoms. The maximum atomic E-state index is 13.9. The maximum absolute atomic E-state index is 13.9. The molecule has 2 aromatic heterocycles. The Morgan fingerprint density at radius 1 is 0.641 bits per heavy atom. The first-order valence-corrected chi connectivity index (χ1v) is 14.2. The maximum Gasteiger partial charge on any atom is 0.126 e. The topological polar surface area (TPSA) is 25.8 Å². The molecule has 0 bridgehead atoms. The molecule has 0 aliphatic heterocycles. The molecule has 192 valence electrons. The van der Waals surface area contributed by atoms with Gasteiger partial charge in [0, 0.05) is 23.7 Å². The smallest absolute Gasteiger partial charge is 0.126 e. The van der Waals surface area contributed by atoms with Crippen LogP contribution in [0.2, 0.25) is 0 Å². The highest BCUT2D eigenvalue weighted by molar-refractivity contribution is 7.21. The molecule has 2 heterocycles.